The van der Waals surface area contributed by atoms with Gasteiger partial charge in [0.15, 0.2) is 6.35 Å². The number of oxime groups is 1. The topological polar surface area (TPSA) is 66.3 Å². The highest BCUT2D eigenvalue weighted by Crippen LogP contribution is 2.65. The summed E-state index contributed by atoms with van der Waals surface area (Å²) in [6.07, 6.45) is 13.8. The van der Waals surface area contributed by atoms with Crippen LogP contribution in [0.3, 0.4) is 0 Å². The molecule has 7 unspecified atom stereocenters. The van der Waals surface area contributed by atoms with Gasteiger partial charge in [-0.3, -0.25) is 4.79 Å². The van der Waals surface area contributed by atoms with E-state index in [1.165, 1.54) is 18.4 Å². The van der Waals surface area contributed by atoms with Gasteiger partial charge < -0.3 is 18.6 Å². The van der Waals surface area contributed by atoms with Crippen LogP contribution in [0.25, 0.3) is 0 Å². The molecule has 4 rings (SSSR count). The predicted molar refractivity (Wildman–Crippen MR) is 140 cm³/mol. The van der Waals surface area contributed by atoms with E-state index in [1.807, 2.05) is 21.0 Å². The van der Waals surface area contributed by atoms with Crippen LogP contribution in [-0.2, 0) is 23.4 Å². The Morgan fingerprint density at radius 2 is 1.91 bits per heavy atom. The van der Waals surface area contributed by atoms with Gasteiger partial charge in [-0.05, 0) is 82.3 Å². The first-order valence-corrected chi connectivity index (χ1v) is 14.8. The van der Waals surface area contributed by atoms with Crippen molar-refractivity contribution < 1.29 is 23.4 Å². The number of carbonyl (C=O) groups is 1. The number of hydrogen-bond donors (Lipinski definition) is 0. The van der Waals surface area contributed by atoms with Gasteiger partial charge in [0.25, 0.3) is 0 Å². The largest absolute Gasteiger partial charge is 0.386 e. The molecular formula is C28H44NO5P. The standard InChI is InChI=1S/C28H44NO5P/c1-7-33-35(34-8-2)18-32-29-21-14-15-27(4)20(16-21)12-13-22-24-11-9-10-23(19(3)30)28(24,5)17-25(31-6)26(22)27/h14-16,22-26H,7-13,17-18H2,1-6H3/b29-21-. The minimum atomic E-state index is -1.07. The normalized spacial score (nSPS) is 39.6. The highest BCUT2D eigenvalue weighted by molar-refractivity contribution is 7.47. The monoisotopic (exact) mass is 505 g/mol. The highest BCUT2D eigenvalue weighted by Gasteiger charge is 2.61. The number of Topliss-reactive ketones (excluding diaryl/α,β-unsaturated/α-hetero) is 1. The van der Waals surface area contributed by atoms with Gasteiger partial charge in [0.05, 0.1) is 19.3 Å². The fraction of sp³-hybridized carbons (Fsp3) is 0.786. The first kappa shape index (κ1) is 27.0. The summed E-state index contributed by atoms with van der Waals surface area (Å²) in [5.41, 5.74) is 2.26. The third-order valence-electron chi connectivity index (χ3n) is 9.40. The molecule has 3 saturated carbocycles. The van der Waals surface area contributed by atoms with E-state index in [2.05, 4.69) is 37.2 Å². The molecule has 0 saturated heterocycles. The smallest absolute Gasteiger partial charge is 0.214 e. The molecule has 0 heterocycles. The van der Waals surface area contributed by atoms with Crippen molar-refractivity contribution in [1.29, 1.82) is 0 Å². The molecule has 196 valence electrons. The fourth-order valence-electron chi connectivity index (χ4n) is 8.00. The average Bonchev–Trinajstić information content (AvgIpc) is 2.82. The lowest BCUT2D eigenvalue weighted by Crippen LogP contribution is -2.60. The molecule has 0 aromatic carbocycles. The van der Waals surface area contributed by atoms with E-state index in [9.17, 15) is 4.79 Å². The van der Waals surface area contributed by atoms with Crippen LogP contribution in [-0.4, -0.2) is 44.3 Å². The van der Waals surface area contributed by atoms with Gasteiger partial charge in [-0.2, -0.15) is 0 Å². The van der Waals surface area contributed by atoms with Crippen LogP contribution in [0.4, 0.5) is 0 Å². The lowest BCUT2D eigenvalue weighted by Gasteiger charge is -2.63. The number of fused-ring (bicyclic) bond motifs is 5. The molecule has 3 fully saturated rings. The van der Waals surface area contributed by atoms with E-state index in [1.54, 1.807) is 6.92 Å². The molecule has 4 aliphatic rings. The van der Waals surface area contributed by atoms with Crippen molar-refractivity contribution in [3.05, 3.63) is 23.8 Å². The maximum atomic E-state index is 12.6. The number of ether oxygens (including phenoxy) is 1. The third kappa shape index (κ3) is 5.06. The van der Waals surface area contributed by atoms with Gasteiger partial charge in [0.2, 0.25) is 8.38 Å². The Bertz CT molecular complexity index is 865. The zero-order valence-corrected chi connectivity index (χ0v) is 23.3. The molecule has 0 N–H and O–H groups in total. The van der Waals surface area contributed by atoms with E-state index < -0.39 is 8.38 Å². The summed E-state index contributed by atoms with van der Waals surface area (Å²) in [4.78, 5) is 18.3. The number of hydrogen-bond acceptors (Lipinski definition) is 6. The Morgan fingerprint density at radius 3 is 2.57 bits per heavy atom. The van der Waals surface area contributed by atoms with Crippen molar-refractivity contribution in [2.75, 3.05) is 26.7 Å². The number of rotatable bonds is 9. The van der Waals surface area contributed by atoms with Gasteiger partial charge in [-0.1, -0.05) is 37.1 Å². The average molecular weight is 506 g/mol. The number of allylic oxidation sites excluding steroid dienone is 4. The first-order valence-electron chi connectivity index (χ1n) is 13.4. The highest BCUT2D eigenvalue weighted by atomic mass is 31.2. The van der Waals surface area contributed by atoms with E-state index in [0.29, 0.717) is 43.1 Å². The minimum absolute atomic E-state index is 0.0435. The Labute approximate surface area is 212 Å². The van der Waals surface area contributed by atoms with Gasteiger partial charge in [0.1, 0.15) is 11.5 Å². The summed E-state index contributed by atoms with van der Waals surface area (Å²) in [6.45, 7) is 11.7. The maximum Gasteiger partial charge on any atom is 0.214 e. The number of nitrogens with zero attached hydrogens (tertiary/aromatic N) is 1. The van der Waals surface area contributed by atoms with Gasteiger partial charge in [0, 0.05) is 24.4 Å². The number of ketones is 1. The SMILES string of the molecule is CCOP(CO/N=C1/C=CC2(C)C(=C1)CCC1C2C(OC)CC2(C)C(C(C)=O)CCCC12)OCC. The predicted octanol–water partition coefficient (Wildman–Crippen LogP) is 6.66. The van der Waals surface area contributed by atoms with E-state index in [4.69, 9.17) is 18.6 Å². The summed E-state index contributed by atoms with van der Waals surface area (Å²) in [7, 11) is 0.794. The quantitative estimate of drug-likeness (QED) is 0.259. The lowest BCUT2D eigenvalue weighted by atomic mass is 9.42. The van der Waals surface area contributed by atoms with Gasteiger partial charge in [-0.15, -0.1) is 0 Å². The van der Waals surface area contributed by atoms with Crippen LogP contribution in [0, 0.1) is 34.5 Å². The second-order valence-corrected chi connectivity index (χ2v) is 12.6. The molecule has 0 radical (unpaired) electrons. The molecule has 0 aromatic heterocycles. The molecule has 0 amide bonds. The van der Waals surface area contributed by atoms with Crippen molar-refractivity contribution in [3.8, 4) is 0 Å². The molecule has 4 aliphatic carbocycles. The molecule has 35 heavy (non-hydrogen) atoms. The number of methoxy groups -OCH3 is 1. The first-order chi connectivity index (χ1) is 16.8. The van der Waals surface area contributed by atoms with E-state index in [0.717, 1.165) is 31.4 Å². The second-order valence-electron chi connectivity index (χ2n) is 11.1. The Hall–Kier alpha value is -1.07. The fourth-order valence-corrected chi connectivity index (χ4v) is 8.95. The van der Waals surface area contributed by atoms with Crippen molar-refractivity contribution in [3.63, 3.8) is 0 Å². The van der Waals surface area contributed by atoms with Crippen LogP contribution >= 0.6 is 8.38 Å². The van der Waals surface area contributed by atoms with E-state index >= 15 is 0 Å². The molecule has 6 nitrogen and oxygen atoms in total. The summed E-state index contributed by atoms with van der Waals surface area (Å²) >= 11 is 0. The molecule has 7 heteroatoms. The van der Waals surface area contributed by atoms with Gasteiger partial charge in [-0.25, -0.2) is 0 Å². The molecule has 0 aliphatic heterocycles. The molecular weight excluding hydrogens is 461 g/mol. The third-order valence-corrected chi connectivity index (χ3v) is 10.8. The minimum Gasteiger partial charge on any atom is -0.386 e. The molecule has 7 atom stereocenters. The Morgan fingerprint density at radius 1 is 1.17 bits per heavy atom. The summed E-state index contributed by atoms with van der Waals surface area (Å²) in [5, 5.41) is 4.40. The van der Waals surface area contributed by atoms with Crippen molar-refractivity contribution in [2.45, 2.75) is 79.2 Å². The molecule has 0 spiro atoms. The van der Waals surface area contributed by atoms with Crippen LogP contribution < -0.4 is 0 Å². The zero-order valence-electron chi connectivity index (χ0n) is 22.4. The zero-order chi connectivity index (χ0) is 25.2. The van der Waals surface area contributed by atoms with Crippen LogP contribution in [0.5, 0.6) is 0 Å². The Kier molecular flexibility index (Phi) is 8.58. The van der Waals surface area contributed by atoms with Crippen molar-refractivity contribution >= 4 is 19.9 Å². The van der Waals surface area contributed by atoms with Gasteiger partial charge >= 0.3 is 0 Å². The lowest BCUT2D eigenvalue weighted by molar-refractivity contribution is -0.166. The van der Waals surface area contributed by atoms with Crippen LogP contribution in [0.15, 0.2) is 29.0 Å². The van der Waals surface area contributed by atoms with Crippen LogP contribution in [0.2, 0.25) is 0 Å². The summed E-state index contributed by atoms with van der Waals surface area (Å²) in [6, 6.07) is 0. The maximum absolute atomic E-state index is 12.6. The number of carbonyl (C=O) groups excluding carboxylic acids is 1. The molecule has 0 aromatic rings. The second kappa shape index (κ2) is 11.1. The van der Waals surface area contributed by atoms with E-state index in [-0.39, 0.29) is 22.9 Å². The van der Waals surface area contributed by atoms with Crippen molar-refractivity contribution in [1.82, 2.24) is 0 Å². The summed E-state index contributed by atoms with van der Waals surface area (Å²) in [5.74, 6) is 2.11. The molecule has 0 bridgehead atoms. The Balaban J connectivity index is 1.54. The summed E-state index contributed by atoms with van der Waals surface area (Å²) < 4.78 is 17.4. The van der Waals surface area contributed by atoms with Crippen molar-refractivity contribution in [2.24, 2.45) is 39.7 Å². The van der Waals surface area contributed by atoms with Crippen LogP contribution in [0.1, 0.15) is 73.1 Å².